The summed E-state index contributed by atoms with van der Waals surface area (Å²) in [5.74, 6) is 2.40. The Labute approximate surface area is 279 Å². The van der Waals surface area contributed by atoms with E-state index in [9.17, 15) is 0 Å². The molecule has 4 heteroatoms. The molecule has 2 aromatic heterocycles. The zero-order valence-corrected chi connectivity index (χ0v) is 26.1. The zero-order chi connectivity index (χ0) is 31.4. The maximum Gasteiger partial charge on any atom is 0.315 e. The van der Waals surface area contributed by atoms with Crippen molar-refractivity contribution in [1.82, 2.24) is 0 Å². The number of anilines is 6. The second kappa shape index (κ2) is 9.40. The van der Waals surface area contributed by atoms with E-state index in [0.29, 0.717) is 0 Å². The number of para-hydroxylation sites is 2. The molecule has 2 aliphatic carbocycles. The van der Waals surface area contributed by atoms with E-state index in [0.717, 1.165) is 23.0 Å². The van der Waals surface area contributed by atoms with Crippen molar-refractivity contribution in [2.75, 3.05) is 9.80 Å². The first-order chi connectivity index (χ1) is 23.9. The van der Waals surface area contributed by atoms with Crippen molar-refractivity contribution in [2.45, 2.75) is 11.6 Å². The molecule has 0 amide bonds. The minimum Gasteiger partial charge on any atom is -0.192 e. The number of hydrogen-bond acceptors (Lipinski definition) is 2. The topological polar surface area (TPSA) is 14.2 Å². The molecular formula is C44H30N4+2. The maximum atomic E-state index is 2.53. The predicted octanol–water partition coefficient (Wildman–Crippen LogP) is 9.02. The zero-order valence-electron chi connectivity index (χ0n) is 26.1. The van der Waals surface area contributed by atoms with Crippen molar-refractivity contribution in [3.8, 4) is 0 Å². The van der Waals surface area contributed by atoms with Gasteiger partial charge in [-0.1, -0.05) is 103 Å². The molecule has 1 spiro atoms. The molecule has 224 valence electrons. The largest absolute Gasteiger partial charge is 0.315 e. The lowest BCUT2D eigenvalue weighted by molar-refractivity contribution is -0.962. The quantitative estimate of drug-likeness (QED) is 0.184. The molecule has 4 nitrogen and oxygen atoms in total. The summed E-state index contributed by atoms with van der Waals surface area (Å²) in [7, 11) is 0. The van der Waals surface area contributed by atoms with E-state index >= 15 is 0 Å². The molecule has 11 rings (SSSR count). The number of aromatic nitrogens is 2. The fourth-order valence-electron chi connectivity index (χ4n) is 8.96. The average Bonchev–Trinajstić information content (AvgIpc) is 3.56. The molecule has 5 aromatic carbocycles. The van der Waals surface area contributed by atoms with E-state index in [4.69, 9.17) is 0 Å². The molecule has 4 aliphatic rings. The molecule has 0 saturated heterocycles. The van der Waals surface area contributed by atoms with E-state index in [1.165, 1.54) is 50.3 Å². The normalized spacial score (nSPS) is 18.8. The monoisotopic (exact) mass is 614 g/mol. The van der Waals surface area contributed by atoms with Gasteiger partial charge in [-0.05, 0) is 70.8 Å². The Morgan fingerprint density at radius 3 is 1.67 bits per heavy atom. The van der Waals surface area contributed by atoms with E-state index in [1.807, 2.05) is 0 Å². The van der Waals surface area contributed by atoms with Crippen LogP contribution in [0.25, 0.3) is 5.57 Å². The molecule has 2 aliphatic heterocycles. The molecule has 0 fully saturated rings. The molecule has 2 atom stereocenters. The highest BCUT2D eigenvalue weighted by atomic mass is 15.4. The average molecular weight is 615 g/mol. The summed E-state index contributed by atoms with van der Waals surface area (Å²) in [6.45, 7) is 0. The van der Waals surface area contributed by atoms with Gasteiger partial charge in [0.25, 0.3) is 11.6 Å². The van der Waals surface area contributed by atoms with E-state index in [1.54, 1.807) is 0 Å². The van der Waals surface area contributed by atoms with Gasteiger partial charge in [-0.2, -0.15) is 18.9 Å². The first-order valence-corrected chi connectivity index (χ1v) is 16.7. The Morgan fingerprint density at radius 2 is 1.04 bits per heavy atom. The number of allylic oxidation sites excluding steroid dienone is 1. The van der Waals surface area contributed by atoms with Crippen LogP contribution in [0.4, 0.5) is 34.4 Å². The number of pyridine rings is 2. The number of nitrogens with zero attached hydrogens (tertiary/aromatic N) is 4. The second-order valence-corrected chi connectivity index (χ2v) is 13.0. The van der Waals surface area contributed by atoms with Crippen LogP contribution >= 0.6 is 0 Å². The van der Waals surface area contributed by atoms with Gasteiger partial charge in [0.2, 0.25) is 0 Å². The predicted molar refractivity (Wildman–Crippen MR) is 190 cm³/mol. The standard InChI is InChI=1S/C44H30N4/c1-4-15-30(16-5-1)35-29-36-34-21-14-22-37-42(34)44(45-27-12-10-23-39(45)47(37)31-17-6-2-7-18-31)43-38(26-25-33(35)41(36)43)48(32-19-8-3-9-20-32)40-24-11-13-28-46(40)44/h1-29,35H/q+2. The van der Waals surface area contributed by atoms with Gasteiger partial charge in [0, 0.05) is 23.6 Å². The molecular weight excluding hydrogens is 585 g/mol. The molecule has 7 aromatic rings. The van der Waals surface area contributed by atoms with Gasteiger partial charge in [-0.25, -0.2) is 0 Å². The summed E-state index contributed by atoms with van der Waals surface area (Å²) in [6, 6.07) is 57.5. The summed E-state index contributed by atoms with van der Waals surface area (Å²) >= 11 is 0. The molecule has 0 N–H and O–H groups in total. The Morgan fingerprint density at radius 1 is 0.479 bits per heavy atom. The van der Waals surface area contributed by atoms with Crippen LogP contribution in [0.2, 0.25) is 0 Å². The van der Waals surface area contributed by atoms with Gasteiger partial charge in [-0.15, -0.1) is 0 Å². The number of fused-ring (bicyclic) bond motifs is 3. The second-order valence-electron chi connectivity index (χ2n) is 13.0. The van der Waals surface area contributed by atoms with Gasteiger partial charge in [-0.3, -0.25) is 0 Å². The van der Waals surface area contributed by atoms with Crippen LogP contribution in [0.5, 0.6) is 0 Å². The van der Waals surface area contributed by atoms with Gasteiger partial charge >= 0.3 is 5.66 Å². The Hall–Kier alpha value is -6.26. The summed E-state index contributed by atoms with van der Waals surface area (Å²) in [5.41, 5.74) is 13.3. The number of hydrogen-bond donors (Lipinski definition) is 0. The van der Waals surface area contributed by atoms with E-state index in [-0.39, 0.29) is 5.92 Å². The first kappa shape index (κ1) is 25.9. The summed E-state index contributed by atoms with van der Waals surface area (Å²) in [4.78, 5) is 4.89. The molecule has 0 bridgehead atoms. The van der Waals surface area contributed by atoms with Crippen LogP contribution < -0.4 is 18.9 Å². The molecule has 0 radical (unpaired) electrons. The van der Waals surface area contributed by atoms with Crippen molar-refractivity contribution >= 4 is 40.0 Å². The summed E-state index contributed by atoms with van der Waals surface area (Å²) in [6.07, 6.45) is 7.10. The van der Waals surface area contributed by atoms with E-state index in [2.05, 4.69) is 195 Å². The Kier molecular flexibility index (Phi) is 5.07. The molecule has 4 heterocycles. The smallest absolute Gasteiger partial charge is 0.192 e. The van der Waals surface area contributed by atoms with Crippen molar-refractivity contribution in [2.24, 2.45) is 0 Å². The highest BCUT2D eigenvalue weighted by Crippen LogP contribution is 2.61. The maximum absolute atomic E-state index is 2.53. The van der Waals surface area contributed by atoms with Crippen molar-refractivity contribution < 1.29 is 9.13 Å². The molecule has 2 unspecified atom stereocenters. The lowest BCUT2D eigenvalue weighted by Gasteiger charge is -2.46. The lowest BCUT2D eigenvalue weighted by atomic mass is 9.71. The van der Waals surface area contributed by atoms with Crippen molar-refractivity contribution in [1.29, 1.82) is 0 Å². The third-order valence-electron chi connectivity index (χ3n) is 10.7. The molecule has 48 heavy (non-hydrogen) atoms. The third-order valence-corrected chi connectivity index (χ3v) is 10.7. The SMILES string of the molecule is C1=C2c3cccc4c3C3(c5c(ccc(c52)C1c1ccccc1)N(c1ccccc1)c1cccc[n+]13)[n+]1ccccc1N4c1ccccc1. The summed E-state index contributed by atoms with van der Waals surface area (Å²) in [5, 5.41) is 0. The summed E-state index contributed by atoms with van der Waals surface area (Å²) < 4.78 is 5.06. The Balaban J connectivity index is 1.35. The minimum atomic E-state index is -0.681. The van der Waals surface area contributed by atoms with E-state index < -0.39 is 5.66 Å². The van der Waals surface area contributed by atoms with Gasteiger partial charge in [0.05, 0.1) is 12.4 Å². The van der Waals surface area contributed by atoms with Crippen molar-refractivity contribution in [3.63, 3.8) is 0 Å². The van der Waals surface area contributed by atoms with Gasteiger partial charge in [0.15, 0.2) is 0 Å². The highest BCUT2D eigenvalue weighted by molar-refractivity contribution is 5.99. The Bertz CT molecular complexity index is 2430. The van der Waals surface area contributed by atoms with Crippen LogP contribution in [0.3, 0.4) is 0 Å². The minimum absolute atomic E-state index is 0.160. The number of benzene rings is 5. The fraction of sp³-hybridized carbons (Fsp3) is 0.0455. The fourth-order valence-corrected chi connectivity index (χ4v) is 8.96. The van der Waals surface area contributed by atoms with Crippen LogP contribution in [-0.2, 0) is 5.66 Å². The van der Waals surface area contributed by atoms with Crippen LogP contribution in [0.15, 0.2) is 176 Å². The van der Waals surface area contributed by atoms with Crippen LogP contribution in [0, 0.1) is 0 Å². The lowest BCUT2D eigenvalue weighted by Crippen LogP contribution is -2.79. The first-order valence-electron chi connectivity index (χ1n) is 16.7. The molecule has 0 saturated carbocycles. The van der Waals surface area contributed by atoms with Gasteiger partial charge in [0.1, 0.15) is 33.9 Å². The third kappa shape index (κ3) is 3.10. The van der Waals surface area contributed by atoms with Crippen molar-refractivity contribution in [3.05, 3.63) is 210 Å². The highest BCUT2D eigenvalue weighted by Gasteiger charge is 2.66. The van der Waals surface area contributed by atoms with Crippen LogP contribution in [-0.4, -0.2) is 0 Å². The number of rotatable bonds is 3. The van der Waals surface area contributed by atoms with Gasteiger partial charge < -0.3 is 0 Å². The van der Waals surface area contributed by atoms with Crippen LogP contribution in [0.1, 0.15) is 39.3 Å².